The van der Waals surface area contributed by atoms with Crippen LogP contribution in [0.4, 0.5) is 0 Å². The van der Waals surface area contributed by atoms with Crippen molar-refractivity contribution >= 4 is 11.8 Å². The first kappa shape index (κ1) is 19.1. The van der Waals surface area contributed by atoms with Crippen molar-refractivity contribution < 1.29 is 14.3 Å². The third-order valence-corrected chi connectivity index (χ3v) is 4.98. The lowest BCUT2D eigenvalue weighted by atomic mass is 10.1. The third kappa shape index (κ3) is 5.72. The fourth-order valence-corrected chi connectivity index (χ4v) is 3.51. The first-order valence-electron chi connectivity index (χ1n) is 9.16. The van der Waals surface area contributed by atoms with Crippen LogP contribution in [0.15, 0.2) is 0 Å². The first-order chi connectivity index (χ1) is 11.6. The lowest BCUT2D eigenvalue weighted by Gasteiger charge is -2.41. The maximum Gasteiger partial charge on any atom is 0.242 e. The fraction of sp³-hybridized carbons (Fsp3) is 0.882. The van der Waals surface area contributed by atoms with Crippen LogP contribution in [0, 0.1) is 0 Å². The predicted molar refractivity (Wildman–Crippen MR) is 92.8 cm³/mol. The molecule has 138 valence electrons. The van der Waals surface area contributed by atoms with Gasteiger partial charge in [-0.15, -0.1) is 0 Å². The van der Waals surface area contributed by atoms with E-state index in [1.807, 2.05) is 0 Å². The maximum absolute atomic E-state index is 12.3. The summed E-state index contributed by atoms with van der Waals surface area (Å²) in [6.45, 7) is 7.69. The Bertz CT molecular complexity index is 419. The molecule has 2 fully saturated rings. The van der Waals surface area contributed by atoms with E-state index in [9.17, 15) is 9.59 Å². The number of methoxy groups -OCH3 is 1. The summed E-state index contributed by atoms with van der Waals surface area (Å²) in [5.41, 5.74) is 0. The average molecular weight is 340 g/mol. The Morgan fingerprint density at radius 2 is 2.21 bits per heavy atom. The van der Waals surface area contributed by atoms with E-state index in [1.54, 1.807) is 7.11 Å². The minimum atomic E-state index is -0.370. The Morgan fingerprint density at radius 1 is 1.38 bits per heavy atom. The van der Waals surface area contributed by atoms with Gasteiger partial charge in [0.05, 0.1) is 13.2 Å². The number of amides is 2. The molecule has 0 aliphatic carbocycles. The number of ether oxygens (including phenoxy) is 1. The van der Waals surface area contributed by atoms with Crippen molar-refractivity contribution in [1.29, 1.82) is 0 Å². The number of nitrogens with one attached hydrogen (secondary N) is 2. The normalized spacial score (nSPS) is 26.7. The largest absolute Gasteiger partial charge is 0.383 e. The van der Waals surface area contributed by atoms with Crippen LogP contribution in [0.5, 0.6) is 0 Å². The lowest BCUT2D eigenvalue weighted by molar-refractivity contribution is -0.129. The van der Waals surface area contributed by atoms with Crippen LogP contribution >= 0.6 is 0 Å². The molecule has 0 bridgehead atoms. The Kier molecular flexibility index (Phi) is 7.94. The Hall–Kier alpha value is -1.18. The van der Waals surface area contributed by atoms with Gasteiger partial charge in [0.2, 0.25) is 11.8 Å². The van der Waals surface area contributed by atoms with Gasteiger partial charge in [-0.1, -0.05) is 6.92 Å². The molecule has 2 amide bonds. The molecule has 0 aromatic carbocycles. The zero-order valence-electron chi connectivity index (χ0n) is 15.1. The van der Waals surface area contributed by atoms with E-state index >= 15 is 0 Å². The van der Waals surface area contributed by atoms with E-state index in [4.69, 9.17) is 4.74 Å². The minimum Gasteiger partial charge on any atom is -0.383 e. The van der Waals surface area contributed by atoms with E-state index in [0.29, 0.717) is 19.1 Å². The molecule has 0 radical (unpaired) electrons. The van der Waals surface area contributed by atoms with E-state index in [-0.39, 0.29) is 17.9 Å². The van der Waals surface area contributed by atoms with Crippen LogP contribution in [0.1, 0.15) is 32.6 Å². The number of nitrogens with zero attached hydrogens (tertiary/aromatic N) is 2. The summed E-state index contributed by atoms with van der Waals surface area (Å²) >= 11 is 0. The number of carbonyl (C=O) groups excluding carboxylic acids is 2. The quantitative estimate of drug-likeness (QED) is 0.672. The van der Waals surface area contributed by atoms with Crippen molar-refractivity contribution in [3.05, 3.63) is 0 Å². The first-order valence-corrected chi connectivity index (χ1v) is 9.16. The molecule has 0 unspecified atom stereocenters. The molecule has 2 aliphatic rings. The standard InChI is InChI=1S/C17H32N4O3/c1-3-14-12-20(8-9-21(14)10-11-24-2)13-16(22)19-15-6-4-5-7-18-17(15)23/h14-15H,3-13H2,1-2H3,(H,18,23)(H,19,22)/t14-,15+/m1/s1. The zero-order valence-corrected chi connectivity index (χ0v) is 15.1. The van der Waals surface area contributed by atoms with E-state index in [1.165, 1.54) is 0 Å². The molecule has 2 rings (SSSR count). The van der Waals surface area contributed by atoms with Crippen LogP contribution in [0.2, 0.25) is 0 Å². The monoisotopic (exact) mass is 340 g/mol. The van der Waals surface area contributed by atoms with Gasteiger partial charge < -0.3 is 15.4 Å². The Morgan fingerprint density at radius 3 is 2.96 bits per heavy atom. The molecule has 0 aromatic heterocycles. The molecule has 2 N–H and O–H groups in total. The number of hydrogen-bond donors (Lipinski definition) is 2. The molecule has 0 aromatic rings. The van der Waals surface area contributed by atoms with E-state index in [2.05, 4.69) is 27.4 Å². The van der Waals surface area contributed by atoms with Crippen molar-refractivity contribution in [2.24, 2.45) is 0 Å². The van der Waals surface area contributed by atoms with Crippen molar-refractivity contribution in [1.82, 2.24) is 20.4 Å². The van der Waals surface area contributed by atoms with Gasteiger partial charge in [0.1, 0.15) is 6.04 Å². The number of rotatable bonds is 7. The van der Waals surface area contributed by atoms with Crippen LogP contribution in [0.3, 0.4) is 0 Å². The molecule has 2 saturated heterocycles. The molecule has 7 heteroatoms. The van der Waals surface area contributed by atoms with Crippen LogP contribution < -0.4 is 10.6 Å². The second kappa shape index (κ2) is 9.96. The lowest BCUT2D eigenvalue weighted by Crippen LogP contribution is -2.56. The summed E-state index contributed by atoms with van der Waals surface area (Å²) in [4.78, 5) is 28.9. The maximum atomic E-state index is 12.3. The van der Waals surface area contributed by atoms with Crippen molar-refractivity contribution in [2.45, 2.75) is 44.7 Å². The van der Waals surface area contributed by atoms with Gasteiger partial charge in [0.15, 0.2) is 0 Å². The number of piperazine rings is 1. The van der Waals surface area contributed by atoms with Gasteiger partial charge in [-0.05, 0) is 25.7 Å². The molecule has 24 heavy (non-hydrogen) atoms. The highest BCUT2D eigenvalue weighted by Gasteiger charge is 2.28. The second-order valence-electron chi connectivity index (χ2n) is 6.73. The third-order valence-electron chi connectivity index (χ3n) is 4.98. The minimum absolute atomic E-state index is 0.0442. The van der Waals surface area contributed by atoms with Gasteiger partial charge >= 0.3 is 0 Å². The van der Waals surface area contributed by atoms with Crippen molar-refractivity contribution in [3.8, 4) is 0 Å². The zero-order chi connectivity index (χ0) is 17.4. The Balaban J connectivity index is 1.78. The van der Waals surface area contributed by atoms with Gasteiger partial charge in [-0.25, -0.2) is 0 Å². The second-order valence-corrected chi connectivity index (χ2v) is 6.73. The molecule has 0 saturated carbocycles. The smallest absolute Gasteiger partial charge is 0.242 e. The number of hydrogen-bond acceptors (Lipinski definition) is 5. The summed E-state index contributed by atoms with van der Waals surface area (Å²) in [5.74, 6) is -0.0890. The molecular weight excluding hydrogens is 308 g/mol. The molecular formula is C17H32N4O3. The SMILES string of the molecule is CC[C@@H]1CN(CC(=O)N[C@H]2CCCCNC2=O)CCN1CCOC. The van der Waals surface area contributed by atoms with E-state index < -0.39 is 0 Å². The van der Waals surface area contributed by atoms with Gasteiger partial charge in [0, 0.05) is 45.9 Å². The van der Waals surface area contributed by atoms with Gasteiger partial charge in [-0.2, -0.15) is 0 Å². The van der Waals surface area contributed by atoms with Crippen molar-refractivity contribution in [2.75, 3.05) is 53.0 Å². The summed E-state index contributed by atoms with van der Waals surface area (Å²) in [7, 11) is 1.73. The van der Waals surface area contributed by atoms with E-state index in [0.717, 1.165) is 58.5 Å². The number of carbonyl (C=O) groups is 2. The van der Waals surface area contributed by atoms with Crippen LogP contribution in [0.25, 0.3) is 0 Å². The van der Waals surface area contributed by atoms with Gasteiger partial charge in [-0.3, -0.25) is 19.4 Å². The highest BCUT2D eigenvalue weighted by atomic mass is 16.5. The summed E-state index contributed by atoms with van der Waals surface area (Å²) in [6, 6.07) is 0.0906. The highest BCUT2D eigenvalue weighted by molar-refractivity contribution is 5.88. The molecule has 2 heterocycles. The van der Waals surface area contributed by atoms with Crippen molar-refractivity contribution in [3.63, 3.8) is 0 Å². The fourth-order valence-electron chi connectivity index (χ4n) is 3.51. The molecule has 0 spiro atoms. The average Bonchev–Trinajstić information content (AvgIpc) is 2.78. The highest BCUT2D eigenvalue weighted by Crippen LogP contribution is 2.12. The summed E-state index contributed by atoms with van der Waals surface area (Å²) in [6.07, 6.45) is 3.76. The van der Waals surface area contributed by atoms with Crippen LogP contribution in [-0.4, -0.2) is 86.7 Å². The van der Waals surface area contributed by atoms with Crippen LogP contribution in [-0.2, 0) is 14.3 Å². The molecule has 2 aliphatic heterocycles. The topological polar surface area (TPSA) is 73.9 Å². The Labute approximate surface area is 145 Å². The van der Waals surface area contributed by atoms with Gasteiger partial charge in [0.25, 0.3) is 0 Å². The predicted octanol–water partition coefficient (Wildman–Crippen LogP) is -0.186. The molecule has 2 atom stereocenters. The summed E-state index contributed by atoms with van der Waals surface area (Å²) < 4.78 is 5.18. The molecule has 7 nitrogen and oxygen atoms in total. The summed E-state index contributed by atoms with van der Waals surface area (Å²) in [5, 5.41) is 5.77.